The fraction of sp³-hybridized carbons (Fsp3) is 0.160. The van der Waals surface area contributed by atoms with Crippen molar-refractivity contribution < 1.29 is 23.9 Å². The predicted octanol–water partition coefficient (Wildman–Crippen LogP) is 4.30. The van der Waals surface area contributed by atoms with Gasteiger partial charge in [-0.15, -0.1) is 0 Å². The van der Waals surface area contributed by atoms with Gasteiger partial charge in [0.05, 0.1) is 19.4 Å². The number of imide groups is 2. The highest BCUT2D eigenvalue weighted by Crippen LogP contribution is 2.32. The van der Waals surface area contributed by atoms with E-state index in [9.17, 15) is 14.4 Å². The van der Waals surface area contributed by atoms with Crippen LogP contribution in [0.15, 0.2) is 66.2 Å². The second-order valence-corrected chi connectivity index (χ2v) is 7.20. The molecule has 1 saturated heterocycles. The summed E-state index contributed by atoms with van der Waals surface area (Å²) >= 11 is 0. The highest BCUT2D eigenvalue weighted by molar-refractivity contribution is 6.39. The van der Waals surface area contributed by atoms with E-state index in [1.807, 2.05) is 43.3 Å². The van der Waals surface area contributed by atoms with Crippen LogP contribution in [0.5, 0.6) is 11.5 Å². The first kappa shape index (κ1) is 21.1. The van der Waals surface area contributed by atoms with E-state index in [1.54, 1.807) is 24.3 Å². The van der Waals surface area contributed by atoms with Gasteiger partial charge in [-0.1, -0.05) is 37.3 Å². The molecule has 3 aromatic rings. The number of nitrogens with zero attached hydrogens (tertiary/aromatic N) is 1. The molecule has 0 spiro atoms. The zero-order valence-electron chi connectivity index (χ0n) is 17.8. The van der Waals surface area contributed by atoms with Crippen molar-refractivity contribution >= 4 is 40.4 Å². The molecule has 4 amide bonds. The van der Waals surface area contributed by atoms with E-state index >= 15 is 0 Å². The quantitative estimate of drug-likeness (QED) is 0.465. The molecule has 1 aliphatic rings. The number of amides is 4. The third kappa shape index (κ3) is 3.92. The Labute approximate surface area is 185 Å². The molecule has 0 bridgehead atoms. The van der Waals surface area contributed by atoms with Crippen molar-refractivity contribution in [2.75, 3.05) is 18.6 Å². The van der Waals surface area contributed by atoms with Crippen LogP contribution in [-0.4, -0.2) is 31.6 Å². The summed E-state index contributed by atoms with van der Waals surface area (Å²) in [5.41, 5.74) is 0.782. The SMILES string of the molecule is CCCOc1ccc2ccccc2c1/C=C1\C(=O)NC(=O)N(c2ccc(OC)cc2)C1=O. The van der Waals surface area contributed by atoms with E-state index in [1.165, 1.54) is 13.2 Å². The Hall–Kier alpha value is -4.13. The van der Waals surface area contributed by atoms with E-state index in [4.69, 9.17) is 9.47 Å². The largest absolute Gasteiger partial charge is 0.497 e. The smallest absolute Gasteiger partial charge is 0.335 e. The summed E-state index contributed by atoms with van der Waals surface area (Å²) in [5, 5.41) is 4.03. The van der Waals surface area contributed by atoms with Crippen LogP contribution in [0.25, 0.3) is 16.8 Å². The minimum atomic E-state index is -0.803. The van der Waals surface area contributed by atoms with Crippen molar-refractivity contribution in [3.05, 3.63) is 71.8 Å². The van der Waals surface area contributed by atoms with Gasteiger partial charge < -0.3 is 9.47 Å². The molecule has 7 heteroatoms. The molecule has 0 saturated carbocycles. The normalized spacial score (nSPS) is 15.2. The second-order valence-electron chi connectivity index (χ2n) is 7.20. The van der Waals surface area contributed by atoms with E-state index in [0.29, 0.717) is 29.4 Å². The minimum Gasteiger partial charge on any atom is -0.497 e. The number of fused-ring (bicyclic) bond motifs is 1. The first-order chi connectivity index (χ1) is 15.5. The number of carbonyl (C=O) groups excluding carboxylic acids is 3. The summed E-state index contributed by atoms with van der Waals surface area (Å²) in [4.78, 5) is 39.3. The van der Waals surface area contributed by atoms with Gasteiger partial charge in [-0.2, -0.15) is 0 Å². The van der Waals surface area contributed by atoms with Crippen LogP contribution in [0, 0.1) is 0 Å². The van der Waals surface area contributed by atoms with E-state index in [0.717, 1.165) is 22.1 Å². The average molecular weight is 430 g/mol. The standard InChI is InChI=1S/C25H22N2O5/c1-3-14-32-22-13-8-16-6-4-5-7-19(16)20(22)15-21-23(28)26-25(30)27(24(21)29)17-9-11-18(31-2)12-10-17/h4-13,15H,3,14H2,1-2H3,(H,26,28,30)/b21-15+. The zero-order valence-corrected chi connectivity index (χ0v) is 17.8. The molecule has 7 nitrogen and oxygen atoms in total. The molecule has 0 atom stereocenters. The minimum absolute atomic E-state index is 0.155. The first-order valence-corrected chi connectivity index (χ1v) is 10.2. The van der Waals surface area contributed by atoms with Crippen LogP contribution in [0.4, 0.5) is 10.5 Å². The molecule has 162 valence electrons. The zero-order chi connectivity index (χ0) is 22.7. The molecule has 0 aliphatic carbocycles. The Morgan fingerprint density at radius 2 is 1.72 bits per heavy atom. The van der Waals surface area contributed by atoms with Gasteiger partial charge in [-0.25, -0.2) is 9.69 Å². The monoisotopic (exact) mass is 430 g/mol. The number of carbonyl (C=O) groups is 3. The van der Waals surface area contributed by atoms with Crippen LogP contribution in [0.3, 0.4) is 0 Å². The number of methoxy groups -OCH3 is 1. The molecule has 1 fully saturated rings. The third-order valence-corrected chi connectivity index (χ3v) is 5.11. The number of barbiturate groups is 1. The van der Waals surface area contributed by atoms with Crippen molar-refractivity contribution in [2.45, 2.75) is 13.3 Å². The Bertz CT molecular complexity index is 1230. The van der Waals surface area contributed by atoms with Gasteiger partial charge in [0.25, 0.3) is 11.8 Å². The summed E-state index contributed by atoms with van der Waals surface area (Å²) < 4.78 is 11.0. The first-order valence-electron chi connectivity index (χ1n) is 10.2. The molecule has 0 radical (unpaired) electrons. The van der Waals surface area contributed by atoms with Gasteiger partial charge in [0.1, 0.15) is 17.1 Å². The second kappa shape index (κ2) is 8.93. The summed E-state index contributed by atoms with van der Waals surface area (Å²) in [7, 11) is 1.52. The fourth-order valence-electron chi connectivity index (χ4n) is 3.53. The van der Waals surface area contributed by atoms with Gasteiger partial charge in [0.2, 0.25) is 0 Å². The number of anilines is 1. The molecule has 0 unspecified atom stereocenters. The predicted molar refractivity (Wildman–Crippen MR) is 122 cm³/mol. The molecular weight excluding hydrogens is 408 g/mol. The van der Waals surface area contributed by atoms with Crippen LogP contribution in [0.2, 0.25) is 0 Å². The number of hydrogen-bond donors (Lipinski definition) is 1. The van der Waals surface area contributed by atoms with Crippen molar-refractivity contribution in [2.24, 2.45) is 0 Å². The lowest BCUT2D eigenvalue weighted by Crippen LogP contribution is -2.54. The highest BCUT2D eigenvalue weighted by atomic mass is 16.5. The summed E-state index contributed by atoms with van der Waals surface area (Å²) in [6.45, 7) is 2.49. The maximum Gasteiger partial charge on any atom is 0.335 e. The number of rotatable bonds is 6. The van der Waals surface area contributed by atoms with Gasteiger partial charge in [0, 0.05) is 5.56 Å². The summed E-state index contributed by atoms with van der Waals surface area (Å²) in [5.74, 6) is -0.317. The van der Waals surface area contributed by atoms with E-state index in [-0.39, 0.29) is 5.57 Å². The Kier molecular flexibility index (Phi) is 5.89. The van der Waals surface area contributed by atoms with Gasteiger partial charge in [0.15, 0.2) is 0 Å². The van der Waals surface area contributed by atoms with Crippen molar-refractivity contribution in [3.63, 3.8) is 0 Å². The highest BCUT2D eigenvalue weighted by Gasteiger charge is 2.37. The number of urea groups is 1. The maximum atomic E-state index is 13.3. The Balaban J connectivity index is 1.81. The summed E-state index contributed by atoms with van der Waals surface area (Å²) in [6, 6.07) is 17.0. The molecule has 1 heterocycles. The lowest BCUT2D eigenvalue weighted by molar-refractivity contribution is -0.122. The van der Waals surface area contributed by atoms with Crippen molar-refractivity contribution in [1.82, 2.24) is 5.32 Å². The number of ether oxygens (including phenoxy) is 2. The third-order valence-electron chi connectivity index (χ3n) is 5.11. The summed E-state index contributed by atoms with van der Waals surface area (Å²) in [6.07, 6.45) is 2.30. The van der Waals surface area contributed by atoms with Crippen LogP contribution in [0.1, 0.15) is 18.9 Å². The maximum absolute atomic E-state index is 13.3. The molecule has 32 heavy (non-hydrogen) atoms. The Morgan fingerprint density at radius 1 is 0.969 bits per heavy atom. The molecule has 1 aliphatic heterocycles. The van der Waals surface area contributed by atoms with Crippen molar-refractivity contribution in [1.29, 1.82) is 0 Å². The topological polar surface area (TPSA) is 84.9 Å². The van der Waals surface area contributed by atoms with Gasteiger partial charge in [-0.3, -0.25) is 14.9 Å². The molecular formula is C25H22N2O5. The van der Waals surface area contributed by atoms with Gasteiger partial charge >= 0.3 is 6.03 Å². The number of benzene rings is 3. The van der Waals surface area contributed by atoms with Crippen LogP contribution >= 0.6 is 0 Å². The lowest BCUT2D eigenvalue weighted by atomic mass is 9.99. The van der Waals surface area contributed by atoms with E-state index < -0.39 is 17.8 Å². The molecule has 4 rings (SSSR count). The van der Waals surface area contributed by atoms with Crippen LogP contribution < -0.4 is 19.7 Å². The van der Waals surface area contributed by atoms with Gasteiger partial charge in [-0.05, 0) is 53.6 Å². The molecule has 0 aromatic heterocycles. The van der Waals surface area contributed by atoms with Crippen LogP contribution in [-0.2, 0) is 9.59 Å². The number of nitrogens with one attached hydrogen (secondary N) is 1. The average Bonchev–Trinajstić information content (AvgIpc) is 2.81. The van der Waals surface area contributed by atoms with Crippen molar-refractivity contribution in [3.8, 4) is 11.5 Å². The Morgan fingerprint density at radius 3 is 2.44 bits per heavy atom. The lowest BCUT2D eigenvalue weighted by Gasteiger charge is -2.26. The van der Waals surface area contributed by atoms with E-state index in [2.05, 4.69) is 5.32 Å². The molecule has 3 aromatic carbocycles. The number of hydrogen-bond acceptors (Lipinski definition) is 5. The molecule has 1 N–H and O–H groups in total. The fourth-order valence-corrected chi connectivity index (χ4v) is 3.53.